The van der Waals surface area contributed by atoms with Gasteiger partial charge in [-0.3, -0.25) is 0 Å². The van der Waals surface area contributed by atoms with Crippen LogP contribution in [-0.4, -0.2) is 19.1 Å². The molecule has 0 aliphatic carbocycles. The van der Waals surface area contributed by atoms with Crippen LogP contribution in [0.3, 0.4) is 0 Å². The van der Waals surface area contributed by atoms with Crippen LogP contribution in [0.5, 0.6) is 5.88 Å². The van der Waals surface area contributed by atoms with Crippen LogP contribution in [0.1, 0.15) is 17.4 Å². The van der Waals surface area contributed by atoms with E-state index < -0.39 is 0 Å². The number of pyridine rings is 1. The van der Waals surface area contributed by atoms with Gasteiger partial charge in [0.15, 0.2) is 0 Å². The first kappa shape index (κ1) is 11.7. The van der Waals surface area contributed by atoms with Crippen molar-refractivity contribution in [1.29, 1.82) is 0 Å². The molecular formula is C13H16N2O2. The lowest BCUT2D eigenvalue weighted by molar-refractivity contribution is 0.396. The fourth-order valence-corrected chi connectivity index (χ4v) is 1.72. The highest BCUT2D eigenvalue weighted by Crippen LogP contribution is 2.19. The summed E-state index contributed by atoms with van der Waals surface area (Å²) in [6.07, 6.45) is 4.35. The van der Waals surface area contributed by atoms with Gasteiger partial charge in [0.2, 0.25) is 5.88 Å². The van der Waals surface area contributed by atoms with Crippen molar-refractivity contribution in [2.45, 2.75) is 12.5 Å². The van der Waals surface area contributed by atoms with E-state index in [-0.39, 0.29) is 6.04 Å². The molecule has 0 aromatic carbocycles. The fraction of sp³-hybridized carbons (Fsp3) is 0.308. The molecule has 0 spiro atoms. The lowest BCUT2D eigenvalue weighted by Crippen LogP contribution is -2.18. The molecule has 2 heterocycles. The quantitative estimate of drug-likeness (QED) is 0.858. The van der Waals surface area contributed by atoms with E-state index in [0.29, 0.717) is 5.88 Å². The van der Waals surface area contributed by atoms with Crippen LogP contribution in [-0.2, 0) is 6.42 Å². The summed E-state index contributed by atoms with van der Waals surface area (Å²) in [6.45, 7) is 0. The number of nitrogens with zero attached hydrogens (tertiary/aromatic N) is 1. The summed E-state index contributed by atoms with van der Waals surface area (Å²) < 4.78 is 10.4. The van der Waals surface area contributed by atoms with E-state index in [9.17, 15) is 0 Å². The number of hydrogen-bond donors (Lipinski definition) is 1. The average Bonchev–Trinajstić information content (AvgIpc) is 2.90. The average molecular weight is 232 g/mol. The van der Waals surface area contributed by atoms with Crippen molar-refractivity contribution in [3.8, 4) is 5.88 Å². The molecule has 17 heavy (non-hydrogen) atoms. The van der Waals surface area contributed by atoms with Crippen LogP contribution in [0, 0.1) is 0 Å². The molecule has 0 radical (unpaired) electrons. The van der Waals surface area contributed by atoms with Crippen molar-refractivity contribution in [2.75, 3.05) is 14.2 Å². The Labute approximate surface area is 101 Å². The lowest BCUT2D eigenvalue weighted by atomic mass is 10.1. The van der Waals surface area contributed by atoms with Crippen LogP contribution in [0.4, 0.5) is 0 Å². The van der Waals surface area contributed by atoms with E-state index in [1.54, 1.807) is 13.4 Å². The Morgan fingerprint density at radius 3 is 2.82 bits per heavy atom. The van der Waals surface area contributed by atoms with E-state index >= 15 is 0 Å². The van der Waals surface area contributed by atoms with Crippen molar-refractivity contribution < 1.29 is 9.15 Å². The summed E-state index contributed by atoms with van der Waals surface area (Å²) in [5.41, 5.74) is 1.14. The number of likely N-dealkylation sites (N-methyl/N-ethyl adjacent to an activating group) is 1. The molecule has 0 saturated carbocycles. The Kier molecular flexibility index (Phi) is 3.77. The maximum absolute atomic E-state index is 5.40. The third-order valence-corrected chi connectivity index (χ3v) is 2.68. The van der Waals surface area contributed by atoms with Crippen molar-refractivity contribution in [3.05, 3.63) is 48.0 Å². The summed E-state index contributed by atoms with van der Waals surface area (Å²) in [7, 11) is 3.53. The zero-order chi connectivity index (χ0) is 12.1. The number of nitrogens with one attached hydrogen (secondary N) is 1. The van der Waals surface area contributed by atoms with Crippen LogP contribution in [0.15, 0.2) is 41.1 Å². The van der Waals surface area contributed by atoms with Gasteiger partial charge >= 0.3 is 0 Å². The molecule has 0 aliphatic rings. The summed E-state index contributed by atoms with van der Waals surface area (Å²) >= 11 is 0. The molecule has 0 bridgehead atoms. The molecule has 1 N–H and O–H groups in total. The number of methoxy groups -OCH3 is 1. The lowest BCUT2D eigenvalue weighted by Gasteiger charge is -2.13. The van der Waals surface area contributed by atoms with E-state index in [1.165, 1.54) is 0 Å². The van der Waals surface area contributed by atoms with Crippen molar-refractivity contribution in [3.63, 3.8) is 0 Å². The van der Waals surface area contributed by atoms with Crippen LogP contribution >= 0.6 is 0 Å². The minimum Gasteiger partial charge on any atom is -0.481 e. The predicted octanol–water partition coefficient (Wildman–Crippen LogP) is 2.19. The Balaban J connectivity index is 2.07. The Morgan fingerprint density at radius 1 is 1.41 bits per heavy atom. The molecule has 1 unspecified atom stereocenters. The smallest absolute Gasteiger partial charge is 0.212 e. The third-order valence-electron chi connectivity index (χ3n) is 2.68. The van der Waals surface area contributed by atoms with E-state index in [0.717, 1.165) is 17.7 Å². The van der Waals surface area contributed by atoms with Gasteiger partial charge in [0.25, 0.3) is 0 Å². The number of hydrogen-bond acceptors (Lipinski definition) is 4. The summed E-state index contributed by atoms with van der Waals surface area (Å²) in [5.74, 6) is 1.57. The number of rotatable bonds is 5. The van der Waals surface area contributed by atoms with Gasteiger partial charge in [-0.2, -0.15) is 0 Å². The predicted molar refractivity (Wildman–Crippen MR) is 65.0 cm³/mol. The molecule has 0 fully saturated rings. The molecule has 0 amide bonds. The molecular weight excluding hydrogens is 216 g/mol. The van der Waals surface area contributed by atoms with Gasteiger partial charge in [0.05, 0.1) is 19.4 Å². The molecule has 0 saturated heterocycles. The standard InChI is InChI=1S/C13H16N2O2/c1-14-11(12-4-3-7-17-12)8-10-5-6-13(16-2)15-9-10/h3-7,9,11,14H,8H2,1-2H3. The Hall–Kier alpha value is -1.81. The maximum Gasteiger partial charge on any atom is 0.212 e. The van der Waals surface area contributed by atoms with E-state index in [4.69, 9.17) is 9.15 Å². The van der Waals surface area contributed by atoms with Gasteiger partial charge in [-0.1, -0.05) is 6.07 Å². The first-order chi connectivity index (χ1) is 8.33. The first-order valence-corrected chi connectivity index (χ1v) is 5.53. The van der Waals surface area contributed by atoms with Gasteiger partial charge in [-0.25, -0.2) is 4.98 Å². The van der Waals surface area contributed by atoms with Crippen molar-refractivity contribution >= 4 is 0 Å². The molecule has 2 aromatic rings. The molecule has 2 aromatic heterocycles. The minimum absolute atomic E-state index is 0.167. The second-order valence-electron chi connectivity index (χ2n) is 3.77. The zero-order valence-electron chi connectivity index (χ0n) is 10.0. The van der Waals surface area contributed by atoms with Crippen LogP contribution < -0.4 is 10.1 Å². The fourth-order valence-electron chi connectivity index (χ4n) is 1.72. The minimum atomic E-state index is 0.167. The largest absolute Gasteiger partial charge is 0.481 e. The third kappa shape index (κ3) is 2.85. The maximum atomic E-state index is 5.40. The first-order valence-electron chi connectivity index (χ1n) is 5.53. The summed E-state index contributed by atoms with van der Waals surface area (Å²) in [6, 6.07) is 7.91. The van der Waals surface area contributed by atoms with Crippen LogP contribution in [0.25, 0.3) is 0 Å². The van der Waals surface area contributed by atoms with Crippen LogP contribution in [0.2, 0.25) is 0 Å². The van der Waals surface area contributed by atoms with E-state index in [1.807, 2.05) is 37.5 Å². The van der Waals surface area contributed by atoms with Gasteiger partial charge < -0.3 is 14.5 Å². The highest BCUT2D eigenvalue weighted by atomic mass is 16.5. The molecule has 1 atom stereocenters. The molecule has 4 nitrogen and oxygen atoms in total. The SMILES string of the molecule is CNC(Cc1ccc(OC)nc1)c1ccco1. The second kappa shape index (κ2) is 5.50. The topological polar surface area (TPSA) is 47.3 Å². The van der Waals surface area contributed by atoms with Gasteiger partial charge in [-0.05, 0) is 31.2 Å². The second-order valence-corrected chi connectivity index (χ2v) is 3.77. The number of furan rings is 1. The number of ether oxygens (including phenoxy) is 1. The molecule has 4 heteroatoms. The van der Waals surface area contributed by atoms with Crippen molar-refractivity contribution in [2.24, 2.45) is 0 Å². The summed E-state index contributed by atoms with van der Waals surface area (Å²) in [5, 5.41) is 3.23. The molecule has 90 valence electrons. The summed E-state index contributed by atoms with van der Waals surface area (Å²) in [4.78, 5) is 4.19. The number of aromatic nitrogens is 1. The normalized spacial score (nSPS) is 12.4. The molecule has 0 aliphatic heterocycles. The highest BCUT2D eigenvalue weighted by molar-refractivity contribution is 5.20. The van der Waals surface area contributed by atoms with Gasteiger partial charge in [-0.15, -0.1) is 0 Å². The van der Waals surface area contributed by atoms with Gasteiger partial charge in [0.1, 0.15) is 5.76 Å². The van der Waals surface area contributed by atoms with Gasteiger partial charge in [0, 0.05) is 12.3 Å². The van der Waals surface area contributed by atoms with Crippen molar-refractivity contribution in [1.82, 2.24) is 10.3 Å². The highest BCUT2D eigenvalue weighted by Gasteiger charge is 2.12. The Morgan fingerprint density at radius 2 is 2.29 bits per heavy atom. The van der Waals surface area contributed by atoms with E-state index in [2.05, 4.69) is 10.3 Å². The molecule has 2 rings (SSSR count). The monoisotopic (exact) mass is 232 g/mol. The Bertz CT molecular complexity index is 437. The zero-order valence-corrected chi connectivity index (χ0v) is 10.0.